The summed E-state index contributed by atoms with van der Waals surface area (Å²) in [6, 6.07) is 0.908. The fourth-order valence-electron chi connectivity index (χ4n) is 3.40. The normalized spacial score (nSPS) is 30.2. The summed E-state index contributed by atoms with van der Waals surface area (Å²) in [4.78, 5) is 5.03. The zero-order valence-corrected chi connectivity index (χ0v) is 11.9. The van der Waals surface area contributed by atoms with Crippen LogP contribution in [0.3, 0.4) is 0 Å². The fraction of sp³-hybridized carbons (Fsp3) is 1.00. The highest BCUT2D eigenvalue weighted by Gasteiger charge is 2.35. The highest BCUT2D eigenvalue weighted by atomic mass is 16.3. The van der Waals surface area contributed by atoms with E-state index in [1.165, 1.54) is 32.4 Å². The van der Waals surface area contributed by atoms with Gasteiger partial charge in [-0.2, -0.15) is 0 Å². The van der Waals surface area contributed by atoms with E-state index in [-0.39, 0.29) is 18.7 Å². The Hall–Kier alpha value is -0.160. The molecule has 0 spiro atoms. The monoisotopic (exact) mass is 255 g/mol. The third-order valence-electron chi connectivity index (χ3n) is 4.72. The zero-order valence-electron chi connectivity index (χ0n) is 11.9. The minimum atomic E-state index is 0.0762. The maximum atomic E-state index is 9.62. The van der Waals surface area contributed by atoms with Gasteiger partial charge in [-0.25, -0.2) is 0 Å². The molecule has 106 valence electrons. The number of rotatable bonds is 5. The molecule has 3 atom stereocenters. The molecular weight excluding hydrogens is 226 g/mol. The largest absolute Gasteiger partial charge is 0.395 e. The van der Waals surface area contributed by atoms with Gasteiger partial charge in [0.15, 0.2) is 0 Å². The Bertz CT molecular complexity index is 253. The molecule has 0 amide bonds. The van der Waals surface area contributed by atoms with Gasteiger partial charge in [0.25, 0.3) is 0 Å². The van der Waals surface area contributed by atoms with Crippen LogP contribution in [0.2, 0.25) is 0 Å². The first kappa shape index (κ1) is 14.3. The third kappa shape index (κ3) is 3.05. The molecular formula is C14H29N3O. The number of hydrogen-bond donors (Lipinski definition) is 2. The average molecular weight is 255 g/mol. The second-order valence-electron chi connectivity index (χ2n) is 6.25. The maximum absolute atomic E-state index is 9.62. The van der Waals surface area contributed by atoms with Crippen LogP contribution in [0.25, 0.3) is 0 Å². The standard InChI is InChI=1S/C14H29N3O/c1-11(2)14(15)13(10-18)17-8-5-12(9-17)16-6-3-4-7-16/h11-14,18H,3-10,15H2,1-2H3. The number of nitrogens with zero attached hydrogens (tertiary/aromatic N) is 2. The van der Waals surface area contributed by atoms with E-state index in [4.69, 9.17) is 5.73 Å². The SMILES string of the molecule is CC(C)C(N)C(CO)N1CCC(N2CCCC2)C1. The predicted octanol–water partition coefficient (Wildman–Crippen LogP) is 0.501. The molecule has 0 aromatic carbocycles. The summed E-state index contributed by atoms with van der Waals surface area (Å²) in [5.74, 6) is 0.424. The molecule has 0 bridgehead atoms. The number of likely N-dealkylation sites (tertiary alicyclic amines) is 2. The first-order chi connectivity index (χ1) is 8.63. The molecule has 0 aromatic heterocycles. The molecule has 4 nitrogen and oxygen atoms in total. The third-order valence-corrected chi connectivity index (χ3v) is 4.72. The van der Waals surface area contributed by atoms with E-state index in [1.807, 2.05) is 0 Å². The lowest BCUT2D eigenvalue weighted by atomic mass is 9.97. The van der Waals surface area contributed by atoms with E-state index < -0.39 is 0 Å². The van der Waals surface area contributed by atoms with E-state index in [9.17, 15) is 5.11 Å². The highest BCUT2D eigenvalue weighted by molar-refractivity contribution is 4.92. The van der Waals surface area contributed by atoms with Crippen molar-refractivity contribution in [3.63, 3.8) is 0 Å². The molecule has 3 unspecified atom stereocenters. The van der Waals surface area contributed by atoms with Crippen molar-refractivity contribution in [2.24, 2.45) is 11.7 Å². The first-order valence-corrected chi connectivity index (χ1v) is 7.48. The molecule has 2 saturated heterocycles. The van der Waals surface area contributed by atoms with Gasteiger partial charge in [-0.05, 0) is 38.3 Å². The zero-order chi connectivity index (χ0) is 13.1. The van der Waals surface area contributed by atoms with Crippen molar-refractivity contribution in [1.82, 2.24) is 9.80 Å². The number of nitrogens with two attached hydrogens (primary N) is 1. The Balaban J connectivity index is 1.89. The lowest BCUT2D eigenvalue weighted by Gasteiger charge is -2.34. The van der Waals surface area contributed by atoms with Gasteiger partial charge in [0.2, 0.25) is 0 Å². The Morgan fingerprint density at radius 1 is 1.22 bits per heavy atom. The topological polar surface area (TPSA) is 52.7 Å². The van der Waals surface area contributed by atoms with Crippen molar-refractivity contribution >= 4 is 0 Å². The van der Waals surface area contributed by atoms with Crippen LogP contribution in [0.15, 0.2) is 0 Å². The molecule has 0 aliphatic carbocycles. The van der Waals surface area contributed by atoms with Crippen molar-refractivity contribution in [2.45, 2.75) is 51.2 Å². The molecule has 0 saturated carbocycles. The fourth-order valence-corrected chi connectivity index (χ4v) is 3.40. The highest BCUT2D eigenvalue weighted by Crippen LogP contribution is 2.23. The number of aliphatic hydroxyl groups is 1. The summed E-state index contributed by atoms with van der Waals surface area (Å²) in [5, 5.41) is 9.62. The van der Waals surface area contributed by atoms with E-state index in [0.29, 0.717) is 12.0 Å². The Kier molecular flexibility index (Phi) is 5.01. The Labute approximate surface area is 111 Å². The smallest absolute Gasteiger partial charge is 0.0602 e. The summed E-state index contributed by atoms with van der Waals surface area (Å²) < 4.78 is 0. The molecule has 0 aromatic rings. The van der Waals surface area contributed by atoms with Gasteiger partial charge in [-0.1, -0.05) is 13.8 Å². The number of aliphatic hydroxyl groups excluding tert-OH is 1. The van der Waals surface area contributed by atoms with Gasteiger partial charge in [0.05, 0.1) is 6.61 Å². The van der Waals surface area contributed by atoms with Crippen LogP contribution < -0.4 is 5.73 Å². The lowest BCUT2D eigenvalue weighted by molar-refractivity contribution is 0.103. The molecule has 2 fully saturated rings. The summed E-state index contributed by atoms with van der Waals surface area (Å²) >= 11 is 0. The van der Waals surface area contributed by atoms with Gasteiger partial charge in [-0.3, -0.25) is 9.80 Å². The minimum Gasteiger partial charge on any atom is -0.395 e. The lowest BCUT2D eigenvalue weighted by Crippen LogP contribution is -2.52. The van der Waals surface area contributed by atoms with Crippen molar-refractivity contribution in [3.05, 3.63) is 0 Å². The molecule has 18 heavy (non-hydrogen) atoms. The molecule has 2 aliphatic rings. The van der Waals surface area contributed by atoms with Crippen LogP contribution in [0, 0.1) is 5.92 Å². The summed E-state index contributed by atoms with van der Waals surface area (Å²) in [7, 11) is 0. The van der Waals surface area contributed by atoms with E-state index in [2.05, 4.69) is 23.6 Å². The summed E-state index contributed by atoms with van der Waals surface area (Å²) in [5.41, 5.74) is 6.23. The molecule has 2 heterocycles. The van der Waals surface area contributed by atoms with Crippen molar-refractivity contribution < 1.29 is 5.11 Å². The Morgan fingerprint density at radius 2 is 1.89 bits per heavy atom. The van der Waals surface area contributed by atoms with Crippen LogP contribution in [0.1, 0.15) is 33.1 Å². The van der Waals surface area contributed by atoms with Crippen molar-refractivity contribution in [3.8, 4) is 0 Å². The first-order valence-electron chi connectivity index (χ1n) is 7.48. The van der Waals surface area contributed by atoms with Crippen LogP contribution in [0.5, 0.6) is 0 Å². The predicted molar refractivity (Wildman–Crippen MR) is 74.5 cm³/mol. The average Bonchev–Trinajstić information content (AvgIpc) is 2.99. The van der Waals surface area contributed by atoms with E-state index >= 15 is 0 Å². The maximum Gasteiger partial charge on any atom is 0.0602 e. The molecule has 0 radical (unpaired) electrons. The second kappa shape index (κ2) is 6.33. The molecule has 2 aliphatic heterocycles. The summed E-state index contributed by atoms with van der Waals surface area (Å²) in [6.45, 7) is 9.17. The van der Waals surface area contributed by atoms with E-state index in [1.54, 1.807) is 0 Å². The van der Waals surface area contributed by atoms with Crippen molar-refractivity contribution in [1.29, 1.82) is 0 Å². The quantitative estimate of drug-likeness (QED) is 0.751. The minimum absolute atomic E-state index is 0.0762. The van der Waals surface area contributed by atoms with Crippen LogP contribution in [-0.4, -0.2) is 65.8 Å². The molecule has 3 N–H and O–H groups in total. The molecule has 4 heteroatoms. The summed E-state index contributed by atoms with van der Waals surface area (Å²) in [6.07, 6.45) is 3.94. The van der Waals surface area contributed by atoms with Crippen molar-refractivity contribution in [2.75, 3.05) is 32.8 Å². The second-order valence-corrected chi connectivity index (χ2v) is 6.25. The number of hydrogen-bond acceptors (Lipinski definition) is 4. The van der Waals surface area contributed by atoms with Crippen LogP contribution >= 0.6 is 0 Å². The van der Waals surface area contributed by atoms with Gasteiger partial charge in [0, 0.05) is 31.2 Å². The van der Waals surface area contributed by atoms with Crippen LogP contribution in [0.4, 0.5) is 0 Å². The van der Waals surface area contributed by atoms with E-state index in [0.717, 1.165) is 13.1 Å². The van der Waals surface area contributed by atoms with Gasteiger partial charge < -0.3 is 10.8 Å². The molecule has 2 rings (SSSR count). The van der Waals surface area contributed by atoms with Gasteiger partial charge >= 0.3 is 0 Å². The Morgan fingerprint density at radius 3 is 2.44 bits per heavy atom. The van der Waals surface area contributed by atoms with Gasteiger partial charge in [-0.15, -0.1) is 0 Å². The van der Waals surface area contributed by atoms with Crippen LogP contribution in [-0.2, 0) is 0 Å². The van der Waals surface area contributed by atoms with Gasteiger partial charge in [0.1, 0.15) is 0 Å².